The van der Waals surface area contributed by atoms with Crippen LogP contribution in [0.4, 0.5) is 0 Å². The van der Waals surface area contributed by atoms with E-state index >= 15 is 0 Å². The van der Waals surface area contributed by atoms with E-state index in [1.54, 1.807) is 36.7 Å². The van der Waals surface area contributed by atoms with Crippen molar-refractivity contribution in [2.45, 2.75) is 36.8 Å². The van der Waals surface area contributed by atoms with Crippen LogP contribution in [0.15, 0.2) is 47.6 Å². The van der Waals surface area contributed by atoms with Crippen molar-refractivity contribution in [1.82, 2.24) is 10.3 Å². The predicted octanol–water partition coefficient (Wildman–Crippen LogP) is 2.74. The molecule has 1 N–H and O–H groups in total. The summed E-state index contributed by atoms with van der Waals surface area (Å²) in [6.07, 6.45) is 4.92. The molecule has 1 aromatic carbocycles. The van der Waals surface area contributed by atoms with E-state index in [1.165, 1.54) is 0 Å². The van der Waals surface area contributed by atoms with Gasteiger partial charge in [0.15, 0.2) is 9.84 Å². The maximum atomic E-state index is 13.2. The molecule has 6 heteroatoms. The molecule has 25 heavy (non-hydrogen) atoms. The van der Waals surface area contributed by atoms with Crippen LogP contribution >= 0.6 is 0 Å². The molecule has 0 spiro atoms. The number of aryl methyl sites for hydroxylation is 2. The Labute approximate surface area is 148 Å². The molecule has 1 fully saturated rings. The standard InChI is InChI=1S/C19H22N2O3S/c1-13-5-8-17(10-14(13)2)25(23,24)18(16-4-3-9-20-11-16)12-21-19(22)15-6-7-15/h3-5,8-11,15,18H,6-7,12H2,1-2H3,(H,21,22)/t18-/m0/s1. The normalized spacial score (nSPS) is 15.6. The lowest BCUT2D eigenvalue weighted by atomic mass is 10.1. The minimum absolute atomic E-state index is 0.0406. The van der Waals surface area contributed by atoms with Crippen LogP contribution < -0.4 is 5.32 Å². The van der Waals surface area contributed by atoms with Crippen LogP contribution in [0.5, 0.6) is 0 Å². The topological polar surface area (TPSA) is 76.1 Å². The summed E-state index contributed by atoms with van der Waals surface area (Å²) >= 11 is 0. The Morgan fingerprint density at radius 2 is 2.00 bits per heavy atom. The largest absolute Gasteiger partial charge is 0.354 e. The first-order chi connectivity index (χ1) is 11.9. The van der Waals surface area contributed by atoms with E-state index in [4.69, 9.17) is 0 Å². The van der Waals surface area contributed by atoms with Crippen molar-refractivity contribution in [3.8, 4) is 0 Å². The van der Waals surface area contributed by atoms with E-state index in [-0.39, 0.29) is 23.3 Å². The number of hydrogen-bond donors (Lipinski definition) is 1. The number of sulfone groups is 1. The predicted molar refractivity (Wildman–Crippen MR) is 95.8 cm³/mol. The Hall–Kier alpha value is -2.21. The van der Waals surface area contributed by atoms with Gasteiger partial charge < -0.3 is 5.32 Å². The van der Waals surface area contributed by atoms with Crippen molar-refractivity contribution in [2.24, 2.45) is 5.92 Å². The first-order valence-electron chi connectivity index (χ1n) is 8.38. The van der Waals surface area contributed by atoms with Crippen LogP contribution in [-0.2, 0) is 14.6 Å². The number of carbonyl (C=O) groups excluding carboxylic acids is 1. The van der Waals surface area contributed by atoms with Crippen LogP contribution in [0.1, 0.15) is 34.8 Å². The summed E-state index contributed by atoms with van der Waals surface area (Å²) in [6.45, 7) is 3.89. The van der Waals surface area contributed by atoms with Crippen molar-refractivity contribution in [3.05, 3.63) is 59.4 Å². The van der Waals surface area contributed by atoms with Gasteiger partial charge in [-0.25, -0.2) is 8.42 Å². The number of pyridine rings is 1. The molecule has 2 aromatic rings. The zero-order valence-corrected chi connectivity index (χ0v) is 15.2. The summed E-state index contributed by atoms with van der Waals surface area (Å²) in [5.74, 6) is -0.0250. The molecule has 0 aliphatic heterocycles. The summed E-state index contributed by atoms with van der Waals surface area (Å²) in [6, 6.07) is 8.58. The van der Waals surface area contributed by atoms with Crippen LogP contribution in [-0.4, -0.2) is 25.9 Å². The number of nitrogens with zero attached hydrogens (tertiary/aromatic N) is 1. The van der Waals surface area contributed by atoms with Gasteiger partial charge in [0.1, 0.15) is 5.25 Å². The van der Waals surface area contributed by atoms with Crippen LogP contribution in [0.3, 0.4) is 0 Å². The van der Waals surface area contributed by atoms with Crippen molar-refractivity contribution in [2.75, 3.05) is 6.54 Å². The highest BCUT2D eigenvalue weighted by Gasteiger charge is 2.33. The second-order valence-corrected chi connectivity index (χ2v) is 8.72. The van der Waals surface area contributed by atoms with E-state index in [2.05, 4.69) is 10.3 Å². The van der Waals surface area contributed by atoms with Gasteiger partial charge in [-0.1, -0.05) is 12.1 Å². The molecule has 1 atom stereocenters. The Balaban J connectivity index is 1.93. The van der Waals surface area contributed by atoms with E-state index in [1.807, 2.05) is 19.9 Å². The summed E-state index contributed by atoms with van der Waals surface area (Å²) in [5.41, 5.74) is 2.55. The van der Waals surface area contributed by atoms with Gasteiger partial charge in [0.25, 0.3) is 0 Å². The average molecular weight is 358 g/mol. The lowest BCUT2D eigenvalue weighted by molar-refractivity contribution is -0.122. The highest BCUT2D eigenvalue weighted by molar-refractivity contribution is 7.91. The van der Waals surface area contributed by atoms with Gasteiger partial charge in [0, 0.05) is 24.9 Å². The molecular formula is C19H22N2O3S. The third kappa shape index (κ3) is 3.90. The summed E-state index contributed by atoms with van der Waals surface area (Å²) in [7, 11) is -3.65. The number of hydrogen-bond acceptors (Lipinski definition) is 4. The number of aromatic nitrogens is 1. The number of nitrogens with one attached hydrogen (secondary N) is 1. The minimum atomic E-state index is -3.65. The zero-order valence-electron chi connectivity index (χ0n) is 14.4. The fraction of sp³-hybridized carbons (Fsp3) is 0.368. The molecule has 1 amide bonds. The molecule has 1 aliphatic rings. The molecule has 1 aromatic heterocycles. The maximum Gasteiger partial charge on any atom is 0.223 e. The number of carbonyl (C=O) groups is 1. The lowest BCUT2D eigenvalue weighted by Gasteiger charge is -2.19. The van der Waals surface area contributed by atoms with Gasteiger partial charge in [0.2, 0.25) is 5.91 Å². The first-order valence-corrected chi connectivity index (χ1v) is 9.93. The van der Waals surface area contributed by atoms with Crippen molar-refractivity contribution in [1.29, 1.82) is 0 Å². The second kappa shape index (κ2) is 6.96. The Morgan fingerprint density at radius 1 is 1.24 bits per heavy atom. The SMILES string of the molecule is Cc1ccc(S(=O)(=O)[C@@H](CNC(=O)C2CC2)c2cccnc2)cc1C. The van der Waals surface area contributed by atoms with Crippen molar-refractivity contribution < 1.29 is 13.2 Å². The second-order valence-electron chi connectivity index (χ2n) is 6.59. The quantitative estimate of drug-likeness (QED) is 0.861. The minimum Gasteiger partial charge on any atom is -0.354 e. The van der Waals surface area contributed by atoms with Gasteiger partial charge in [-0.15, -0.1) is 0 Å². The molecule has 1 saturated carbocycles. The van der Waals surface area contributed by atoms with Crippen LogP contribution in [0.2, 0.25) is 0 Å². The molecular weight excluding hydrogens is 336 g/mol. The highest BCUT2D eigenvalue weighted by atomic mass is 32.2. The zero-order chi connectivity index (χ0) is 18.0. The monoisotopic (exact) mass is 358 g/mol. The summed E-state index contributed by atoms with van der Waals surface area (Å²) < 4.78 is 26.4. The summed E-state index contributed by atoms with van der Waals surface area (Å²) in [4.78, 5) is 16.3. The Kier molecular flexibility index (Phi) is 4.90. The summed E-state index contributed by atoms with van der Waals surface area (Å²) in [5, 5.41) is 1.94. The molecule has 132 valence electrons. The molecule has 1 aliphatic carbocycles. The Bertz CT molecular complexity index is 875. The van der Waals surface area contributed by atoms with Crippen molar-refractivity contribution >= 4 is 15.7 Å². The van der Waals surface area contributed by atoms with E-state index in [9.17, 15) is 13.2 Å². The van der Waals surface area contributed by atoms with Gasteiger partial charge in [-0.3, -0.25) is 9.78 Å². The number of benzene rings is 1. The van der Waals surface area contributed by atoms with Gasteiger partial charge >= 0.3 is 0 Å². The first kappa shape index (κ1) is 17.6. The molecule has 5 nitrogen and oxygen atoms in total. The van der Waals surface area contributed by atoms with E-state index in [0.29, 0.717) is 5.56 Å². The average Bonchev–Trinajstić information content (AvgIpc) is 3.43. The molecule has 0 saturated heterocycles. The number of rotatable bonds is 6. The Morgan fingerprint density at radius 3 is 2.60 bits per heavy atom. The lowest BCUT2D eigenvalue weighted by Crippen LogP contribution is -2.32. The fourth-order valence-electron chi connectivity index (χ4n) is 2.71. The fourth-order valence-corrected chi connectivity index (χ4v) is 4.44. The van der Waals surface area contributed by atoms with E-state index < -0.39 is 15.1 Å². The van der Waals surface area contributed by atoms with Gasteiger partial charge in [0.05, 0.1) is 4.90 Å². The van der Waals surface area contributed by atoms with Crippen LogP contribution in [0, 0.1) is 19.8 Å². The molecule has 0 bridgehead atoms. The smallest absolute Gasteiger partial charge is 0.223 e. The van der Waals surface area contributed by atoms with Crippen LogP contribution in [0.25, 0.3) is 0 Å². The molecule has 0 radical (unpaired) electrons. The van der Waals surface area contributed by atoms with Gasteiger partial charge in [-0.2, -0.15) is 0 Å². The molecule has 3 rings (SSSR count). The van der Waals surface area contributed by atoms with Crippen molar-refractivity contribution in [3.63, 3.8) is 0 Å². The highest BCUT2D eigenvalue weighted by Crippen LogP contribution is 2.31. The van der Waals surface area contributed by atoms with Gasteiger partial charge in [-0.05, 0) is 61.6 Å². The third-order valence-electron chi connectivity index (χ3n) is 4.65. The van der Waals surface area contributed by atoms with E-state index in [0.717, 1.165) is 24.0 Å². The molecule has 1 heterocycles. The maximum absolute atomic E-state index is 13.2. The third-order valence-corrected chi connectivity index (χ3v) is 6.75. The number of amides is 1. The molecule has 0 unspecified atom stereocenters.